The van der Waals surface area contributed by atoms with Crippen LogP contribution in [0.4, 0.5) is 0 Å². The number of furan rings is 1. The molecule has 0 unspecified atom stereocenters. The van der Waals surface area contributed by atoms with Crippen LogP contribution in [-0.2, 0) is 6.54 Å². The van der Waals surface area contributed by atoms with Crippen LogP contribution in [-0.4, -0.2) is 36.8 Å². The average molecular weight is 365 g/mol. The number of nitrogens with zero attached hydrogens (tertiary/aromatic N) is 1. The summed E-state index contributed by atoms with van der Waals surface area (Å²) in [4.78, 5) is 2.40. The Bertz CT molecular complexity index is 916. The van der Waals surface area contributed by atoms with Gasteiger partial charge in [0.25, 0.3) is 0 Å². The largest absolute Gasteiger partial charge is 0.496 e. The zero-order valence-corrected chi connectivity index (χ0v) is 16.1. The molecule has 1 aliphatic rings. The maximum Gasteiger partial charge on any atom is 0.135 e. The number of piperidine rings is 1. The zero-order chi connectivity index (χ0) is 18.8. The Balaban J connectivity index is 1.71. The van der Waals surface area contributed by atoms with Crippen LogP contribution in [0.5, 0.6) is 5.75 Å². The molecule has 142 valence electrons. The van der Waals surface area contributed by atoms with E-state index in [-0.39, 0.29) is 6.61 Å². The summed E-state index contributed by atoms with van der Waals surface area (Å²) in [5.74, 6) is 2.20. The minimum Gasteiger partial charge on any atom is -0.496 e. The normalized spacial score (nSPS) is 18.1. The Morgan fingerprint density at radius 3 is 2.78 bits per heavy atom. The van der Waals surface area contributed by atoms with Gasteiger partial charge in [-0.05, 0) is 49.9 Å². The highest BCUT2D eigenvalue weighted by Crippen LogP contribution is 2.38. The van der Waals surface area contributed by atoms with E-state index in [1.807, 2.05) is 25.1 Å². The van der Waals surface area contributed by atoms with E-state index < -0.39 is 0 Å². The number of likely N-dealkylation sites (tertiary alicyclic amines) is 1. The van der Waals surface area contributed by atoms with E-state index in [0.29, 0.717) is 5.92 Å². The highest BCUT2D eigenvalue weighted by molar-refractivity contribution is 5.97. The van der Waals surface area contributed by atoms with Crippen LogP contribution in [0.1, 0.15) is 24.2 Å². The second kappa shape index (κ2) is 7.75. The fourth-order valence-electron chi connectivity index (χ4n) is 4.25. The summed E-state index contributed by atoms with van der Waals surface area (Å²) in [6, 6.07) is 14.6. The van der Waals surface area contributed by atoms with Crippen LogP contribution >= 0.6 is 0 Å². The molecule has 1 N–H and O–H groups in total. The number of aliphatic hydroxyl groups excluding tert-OH is 1. The first kappa shape index (κ1) is 18.1. The number of aryl methyl sites for hydroxylation is 1. The maximum absolute atomic E-state index is 9.49. The van der Waals surface area contributed by atoms with Crippen molar-refractivity contribution >= 4 is 11.0 Å². The van der Waals surface area contributed by atoms with Crippen molar-refractivity contribution in [2.75, 3.05) is 26.8 Å². The summed E-state index contributed by atoms with van der Waals surface area (Å²) in [5, 5.41) is 10.6. The van der Waals surface area contributed by atoms with Crippen LogP contribution < -0.4 is 4.74 Å². The van der Waals surface area contributed by atoms with Gasteiger partial charge >= 0.3 is 0 Å². The lowest BCUT2D eigenvalue weighted by Gasteiger charge is -2.32. The van der Waals surface area contributed by atoms with Crippen LogP contribution in [0.3, 0.4) is 0 Å². The molecule has 0 amide bonds. The molecule has 4 heteroatoms. The predicted octanol–water partition coefficient (Wildman–Crippen LogP) is 4.62. The zero-order valence-electron chi connectivity index (χ0n) is 16.1. The topological polar surface area (TPSA) is 45.8 Å². The minimum atomic E-state index is 0.268. The van der Waals surface area contributed by atoms with Crippen LogP contribution in [0.2, 0.25) is 0 Å². The van der Waals surface area contributed by atoms with E-state index in [1.54, 1.807) is 7.11 Å². The molecule has 0 saturated carbocycles. The number of methoxy groups -OCH3 is 1. The first-order valence-corrected chi connectivity index (χ1v) is 9.68. The SMILES string of the molecule is COc1cc2c(-c3ccccc3)c(C)oc2cc1CN1CCC[C@H](CO)C1. The number of hydrogen-bond acceptors (Lipinski definition) is 4. The minimum absolute atomic E-state index is 0.268. The lowest BCUT2D eigenvalue weighted by molar-refractivity contribution is 0.115. The first-order valence-electron chi connectivity index (χ1n) is 9.68. The Hall–Kier alpha value is -2.30. The highest BCUT2D eigenvalue weighted by atomic mass is 16.5. The van der Waals surface area contributed by atoms with Crippen molar-refractivity contribution in [3.63, 3.8) is 0 Å². The van der Waals surface area contributed by atoms with Crippen LogP contribution in [0, 0.1) is 12.8 Å². The van der Waals surface area contributed by atoms with Crippen molar-refractivity contribution in [1.29, 1.82) is 0 Å². The molecule has 1 fully saturated rings. The standard InChI is InChI=1S/C23H27NO3/c1-16-23(18-8-4-3-5-9-18)20-12-21(26-2)19(11-22(20)27-16)14-24-10-6-7-17(13-24)15-25/h3-5,8-9,11-12,17,25H,6-7,10,13-15H2,1-2H3/t17-/m0/s1. The third kappa shape index (κ3) is 3.60. The predicted molar refractivity (Wildman–Crippen MR) is 108 cm³/mol. The third-order valence-electron chi connectivity index (χ3n) is 5.58. The smallest absolute Gasteiger partial charge is 0.135 e. The number of ether oxygens (including phenoxy) is 1. The second-order valence-corrected chi connectivity index (χ2v) is 7.49. The fraction of sp³-hybridized carbons (Fsp3) is 0.391. The van der Waals surface area contributed by atoms with Crippen molar-refractivity contribution in [3.05, 3.63) is 53.8 Å². The fourth-order valence-corrected chi connectivity index (χ4v) is 4.25. The molecule has 0 aliphatic carbocycles. The van der Waals surface area contributed by atoms with Gasteiger partial charge in [-0.2, -0.15) is 0 Å². The lowest BCUT2D eigenvalue weighted by Crippen LogP contribution is -2.36. The summed E-state index contributed by atoms with van der Waals surface area (Å²) >= 11 is 0. The van der Waals surface area contributed by atoms with Gasteiger partial charge in [0, 0.05) is 36.2 Å². The molecule has 0 spiro atoms. The molecule has 1 aromatic heterocycles. The van der Waals surface area contributed by atoms with E-state index in [1.165, 1.54) is 0 Å². The van der Waals surface area contributed by atoms with E-state index >= 15 is 0 Å². The molecule has 1 saturated heterocycles. The molecule has 4 nitrogen and oxygen atoms in total. The average Bonchev–Trinajstić information content (AvgIpc) is 3.02. The molecular weight excluding hydrogens is 338 g/mol. The van der Waals surface area contributed by atoms with Crippen LogP contribution in [0.25, 0.3) is 22.1 Å². The monoisotopic (exact) mass is 365 g/mol. The summed E-state index contributed by atoms with van der Waals surface area (Å²) in [7, 11) is 1.73. The molecule has 27 heavy (non-hydrogen) atoms. The van der Waals surface area contributed by atoms with Gasteiger partial charge in [-0.15, -0.1) is 0 Å². The number of hydrogen-bond donors (Lipinski definition) is 1. The van der Waals surface area contributed by atoms with Crippen molar-refractivity contribution in [2.24, 2.45) is 5.92 Å². The van der Waals surface area contributed by atoms with Crippen molar-refractivity contribution in [3.8, 4) is 16.9 Å². The summed E-state index contributed by atoms with van der Waals surface area (Å²) in [6.45, 7) is 5.10. The molecule has 2 aromatic carbocycles. The van der Waals surface area contributed by atoms with Gasteiger partial charge in [-0.25, -0.2) is 0 Å². The molecule has 1 aliphatic heterocycles. The molecule has 0 radical (unpaired) electrons. The van der Waals surface area contributed by atoms with Crippen LogP contribution in [0.15, 0.2) is 46.9 Å². The van der Waals surface area contributed by atoms with Gasteiger partial charge in [-0.3, -0.25) is 4.90 Å². The summed E-state index contributed by atoms with van der Waals surface area (Å²) in [6.07, 6.45) is 2.24. The molecular formula is C23H27NO3. The molecule has 3 aromatic rings. The van der Waals surface area contributed by atoms with Gasteiger partial charge in [0.2, 0.25) is 0 Å². The van der Waals surface area contributed by atoms with Gasteiger partial charge in [0.1, 0.15) is 17.1 Å². The number of aliphatic hydroxyl groups is 1. The quantitative estimate of drug-likeness (QED) is 0.716. The molecule has 1 atom stereocenters. The second-order valence-electron chi connectivity index (χ2n) is 7.49. The van der Waals surface area contributed by atoms with Gasteiger partial charge in [-0.1, -0.05) is 30.3 Å². The molecule has 0 bridgehead atoms. The Morgan fingerprint density at radius 2 is 2.04 bits per heavy atom. The Labute approximate surface area is 160 Å². The van der Waals surface area contributed by atoms with E-state index in [9.17, 15) is 5.11 Å². The van der Waals surface area contributed by atoms with E-state index in [4.69, 9.17) is 9.15 Å². The Kier molecular flexibility index (Phi) is 5.19. The highest BCUT2D eigenvalue weighted by Gasteiger charge is 2.22. The van der Waals surface area contributed by atoms with Crippen molar-refractivity contribution in [1.82, 2.24) is 4.90 Å². The van der Waals surface area contributed by atoms with E-state index in [0.717, 1.165) is 71.6 Å². The van der Waals surface area contributed by atoms with Gasteiger partial charge in [0.15, 0.2) is 0 Å². The Morgan fingerprint density at radius 1 is 1.22 bits per heavy atom. The van der Waals surface area contributed by atoms with E-state index in [2.05, 4.69) is 29.2 Å². The maximum atomic E-state index is 9.49. The number of benzene rings is 2. The first-order chi connectivity index (χ1) is 13.2. The number of fused-ring (bicyclic) bond motifs is 1. The van der Waals surface area contributed by atoms with Crippen molar-refractivity contribution in [2.45, 2.75) is 26.3 Å². The summed E-state index contributed by atoms with van der Waals surface area (Å²) < 4.78 is 11.8. The molecule has 4 rings (SSSR count). The van der Waals surface area contributed by atoms with Gasteiger partial charge < -0.3 is 14.3 Å². The van der Waals surface area contributed by atoms with Gasteiger partial charge in [0.05, 0.1) is 7.11 Å². The summed E-state index contributed by atoms with van der Waals surface area (Å²) in [5.41, 5.74) is 4.33. The van der Waals surface area contributed by atoms with Crippen molar-refractivity contribution < 1.29 is 14.3 Å². The molecule has 2 heterocycles. The third-order valence-corrected chi connectivity index (χ3v) is 5.58. The number of rotatable bonds is 5. The lowest BCUT2D eigenvalue weighted by atomic mass is 9.97.